The van der Waals surface area contributed by atoms with Crippen molar-refractivity contribution in [3.8, 4) is 0 Å². The average molecular weight is 247 g/mol. The summed E-state index contributed by atoms with van der Waals surface area (Å²) in [6.45, 7) is 4.32. The molecule has 0 saturated heterocycles. The number of benzene rings is 1. The fourth-order valence-electron chi connectivity index (χ4n) is 2.81. The van der Waals surface area contributed by atoms with Gasteiger partial charge in [-0.1, -0.05) is 49.6 Å². The minimum absolute atomic E-state index is 0.168. The van der Waals surface area contributed by atoms with Crippen LogP contribution in [-0.2, 0) is 0 Å². The van der Waals surface area contributed by atoms with Crippen LogP contribution in [0.4, 0.5) is 0 Å². The zero-order valence-electron chi connectivity index (χ0n) is 11.5. The summed E-state index contributed by atoms with van der Waals surface area (Å²) in [6.07, 6.45) is 5.34. The third kappa shape index (κ3) is 3.33. The Morgan fingerprint density at radius 1 is 1.22 bits per heavy atom. The van der Waals surface area contributed by atoms with Gasteiger partial charge >= 0.3 is 0 Å². The monoisotopic (exact) mass is 247 g/mol. The summed E-state index contributed by atoms with van der Waals surface area (Å²) in [5.41, 5.74) is 2.63. The average Bonchev–Trinajstić information content (AvgIpc) is 2.39. The molecular formula is C16H25NO. The van der Waals surface area contributed by atoms with Crippen LogP contribution in [0.1, 0.15) is 56.2 Å². The van der Waals surface area contributed by atoms with Crippen LogP contribution in [0.3, 0.4) is 0 Å². The molecule has 0 aromatic heterocycles. The number of hydrogen-bond acceptors (Lipinski definition) is 2. The molecule has 1 aromatic rings. The van der Waals surface area contributed by atoms with Gasteiger partial charge in [-0.15, -0.1) is 0 Å². The summed E-state index contributed by atoms with van der Waals surface area (Å²) in [5.74, 6) is 0. The molecule has 18 heavy (non-hydrogen) atoms. The Hall–Kier alpha value is -0.860. The molecule has 1 saturated carbocycles. The topological polar surface area (TPSA) is 32.3 Å². The number of rotatable bonds is 4. The van der Waals surface area contributed by atoms with Gasteiger partial charge in [0.05, 0.1) is 6.10 Å². The molecule has 0 bridgehead atoms. The van der Waals surface area contributed by atoms with Crippen molar-refractivity contribution in [3.63, 3.8) is 0 Å². The van der Waals surface area contributed by atoms with E-state index in [1.165, 1.54) is 24.0 Å². The molecule has 100 valence electrons. The molecule has 3 unspecified atom stereocenters. The minimum Gasteiger partial charge on any atom is -0.392 e. The molecule has 1 fully saturated rings. The second kappa shape index (κ2) is 6.35. The van der Waals surface area contributed by atoms with Gasteiger partial charge in [0.15, 0.2) is 0 Å². The Bertz CT molecular complexity index is 360. The molecule has 0 radical (unpaired) electrons. The van der Waals surface area contributed by atoms with Crippen LogP contribution < -0.4 is 5.32 Å². The predicted octanol–water partition coefficient (Wildman–Crippen LogP) is 3.34. The van der Waals surface area contributed by atoms with Gasteiger partial charge in [0.2, 0.25) is 0 Å². The van der Waals surface area contributed by atoms with Gasteiger partial charge in [0.1, 0.15) is 0 Å². The lowest BCUT2D eigenvalue weighted by atomic mass is 9.91. The third-order valence-corrected chi connectivity index (χ3v) is 4.03. The van der Waals surface area contributed by atoms with Crippen molar-refractivity contribution in [2.24, 2.45) is 0 Å². The Morgan fingerprint density at radius 2 is 1.89 bits per heavy atom. The Kier molecular flexibility index (Phi) is 4.79. The van der Waals surface area contributed by atoms with Crippen molar-refractivity contribution < 1.29 is 5.11 Å². The number of aryl methyl sites for hydroxylation is 1. The fraction of sp³-hybridized carbons (Fsp3) is 0.625. The highest BCUT2D eigenvalue weighted by atomic mass is 16.3. The molecular weight excluding hydrogens is 222 g/mol. The first-order chi connectivity index (χ1) is 8.70. The first kappa shape index (κ1) is 13.6. The maximum atomic E-state index is 10.0. The minimum atomic E-state index is -0.168. The summed E-state index contributed by atoms with van der Waals surface area (Å²) in [6, 6.07) is 9.36. The van der Waals surface area contributed by atoms with Crippen molar-refractivity contribution in [2.45, 2.75) is 64.1 Å². The highest BCUT2D eigenvalue weighted by Gasteiger charge is 2.25. The van der Waals surface area contributed by atoms with E-state index in [0.29, 0.717) is 6.04 Å². The maximum Gasteiger partial charge on any atom is 0.0693 e. The first-order valence-corrected chi connectivity index (χ1v) is 7.21. The second-order valence-electron chi connectivity index (χ2n) is 5.50. The summed E-state index contributed by atoms with van der Waals surface area (Å²) in [4.78, 5) is 0. The number of aliphatic hydroxyl groups excluding tert-OH is 1. The maximum absolute atomic E-state index is 10.0. The van der Waals surface area contributed by atoms with Gasteiger partial charge in [0.25, 0.3) is 0 Å². The molecule has 0 spiro atoms. The van der Waals surface area contributed by atoms with Crippen molar-refractivity contribution in [2.75, 3.05) is 0 Å². The van der Waals surface area contributed by atoms with Crippen LogP contribution in [0.25, 0.3) is 0 Å². The van der Waals surface area contributed by atoms with Gasteiger partial charge in [0, 0.05) is 12.1 Å². The lowest BCUT2D eigenvalue weighted by Gasteiger charge is -2.32. The van der Waals surface area contributed by atoms with Crippen LogP contribution in [0.2, 0.25) is 0 Å². The molecule has 0 aliphatic heterocycles. The Morgan fingerprint density at radius 3 is 2.50 bits per heavy atom. The number of nitrogens with one attached hydrogen (secondary N) is 1. The molecule has 1 aliphatic carbocycles. The van der Waals surface area contributed by atoms with E-state index in [2.05, 4.69) is 43.4 Å². The normalized spacial score (nSPS) is 25.9. The van der Waals surface area contributed by atoms with Crippen LogP contribution in [0.15, 0.2) is 24.3 Å². The van der Waals surface area contributed by atoms with E-state index in [1.807, 2.05) is 0 Å². The van der Waals surface area contributed by atoms with Crippen LogP contribution in [0.5, 0.6) is 0 Å². The van der Waals surface area contributed by atoms with E-state index >= 15 is 0 Å². The van der Waals surface area contributed by atoms with Gasteiger partial charge in [-0.2, -0.15) is 0 Å². The van der Waals surface area contributed by atoms with E-state index in [4.69, 9.17) is 0 Å². The summed E-state index contributed by atoms with van der Waals surface area (Å²) < 4.78 is 0. The van der Waals surface area contributed by atoms with Crippen molar-refractivity contribution >= 4 is 0 Å². The van der Waals surface area contributed by atoms with E-state index < -0.39 is 0 Å². The van der Waals surface area contributed by atoms with E-state index in [1.54, 1.807) is 0 Å². The van der Waals surface area contributed by atoms with E-state index in [0.717, 1.165) is 19.3 Å². The quantitative estimate of drug-likeness (QED) is 0.855. The summed E-state index contributed by atoms with van der Waals surface area (Å²) in [5, 5.41) is 13.7. The molecule has 2 heteroatoms. The zero-order valence-corrected chi connectivity index (χ0v) is 11.5. The van der Waals surface area contributed by atoms with Gasteiger partial charge in [-0.25, -0.2) is 0 Å². The smallest absolute Gasteiger partial charge is 0.0693 e. The van der Waals surface area contributed by atoms with Crippen LogP contribution in [0, 0.1) is 6.92 Å². The molecule has 0 amide bonds. The fourth-order valence-corrected chi connectivity index (χ4v) is 2.81. The highest BCUT2D eigenvalue weighted by Crippen LogP contribution is 2.24. The Labute approximate surface area is 110 Å². The molecule has 0 heterocycles. The van der Waals surface area contributed by atoms with Gasteiger partial charge < -0.3 is 10.4 Å². The largest absolute Gasteiger partial charge is 0.392 e. The number of aliphatic hydroxyl groups is 1. The Balaban J connectivity index is 2.02. The predicted molar refractivity (Wildman–Crippen MR) is 75.6 cm³/mol. The molecule has 3 atom stereocenters. The SMILES string of the molecule is CCC(NC1CCCCC1O)c1ccc(C)cc1. The lowest BCUT2D eigenvalue weighted by Crippen LogP contribution is -2.43. The molecule has 2 N–H and O–H groups in total. The second-order valence-corrected chi connectivity index (χ2v) is 5.50. The van der Waals surface area contributed by atoms with Crippen molar-refractivity contribution in [1.82, 2.24) is 5.32 Å². The summed E-state index contributed by atoms with van der Waals surface area (Å²) >= 11 is 0. The summed E-state index contributed by atoms with van der Waals surface area (Å²) in [7, 11) is 0. The van der Waals surface area contributed by atoms with Crippen molar-refractivity contribution in [3.05, 3.63) is 35.4 Å². The van der Waals surface area contributed by atoms with E-state index in [-0.39, 0.29) is 12.1 Å². The zero-order chi connectivity index (χ0) is 13.0. The van der Waals surface area contributed by atoms with E-state index in [9.17, 15) is 5.11 Å². The molecule has 1 aromatic carbocycles. The standard InChI is InChI=1S/C16H25NO/c1-3-14(13-10-8-12(2)9-11-13)17-15-6-4-5-7-16(15)18/h8-11,14-18H,3-7H2,1-2H3. The van der Waals surface area contributed by atoms with Gasteiger partial charge in [-0.3, -0.25) is 0 Å². The lowest BCUT2D eigenvalue weighted by molar-refractivity contribution is 0.0844. The first-order valence-electron chi connectivity index (χ1n) is 7.21. The molecule has 1 aliphatic rings. The van der Waals surface area contributed by atoms with Crippen molar-refractivity contribution in [1.29, 1.82) is 0 Å². The van der Waals surface area contributed by atoms with Crippen LogP contribution >= 0.6 is 0 Å². The highest BCUT2D eigenvalue weighted by molar-refractivity contribution is 5.24. The third-order valence-electron chi connectivity index (χ3n) is 4.03. The molecule has 2 nitrogen and oxygen atoms in total. The van der Waals surface area contributed by atoms with Crippen LogP contribution in [-0.4, -0.2) is 17.3 Å². The van der Waals surface area contributed by atoms with Gasteiger partial charge in [-0.05, 0) is 31.7 Å². The number of hydrogen-bond donors (Lipinski definition) is 2. The molecule has 2 rings (SSSR count).